The maximum absolute atomic E-state index is 13.8. The molecule has 5 nitrogen and oxygen atoms in total. The van der Waals surface area contributed by atoms with Gasteiger partial charge in [-0.3, -0.25) is 9.59 Å². The number of hydrogen-bond donors (Lipinski definition) is 1. The average molecular weight is 360 g/mol. The Bertz CT molecular complexity index is 713. The van der Waals surface area contributed by atoms with E-state index in [1.54, 1.807) is 12.1 Å². The molecule has 2 fully saturated rings. The van der Waals surface area contributed by atoms with Crippen molar-refractivity contribution in [1.82, 2.24) is 10.2 Å². The molecule has 2 amide bonds. The van der Waals surface area contributed by atoms with Crippen LogP contribution in [0.25, 0.3) is 0 Å². The third kappa shape index (κ3) is 3.74. The van der Waals surface area contributed by atoms with E-state index < -0.39 is 5.82 Å². The van der Waals surface area contributed by atoms with E-state index in [0.717, 1.165) is 37.7 Å². The number of carbonyl (C=O) groups is 2. The van der Waals surface area contributed by atoms with Crippen LogP contribution in [0.5, 0.6) is 5.75 Å². The van der Waals surface area contributed by atoms with Gasteiger partial charge in [0.15, 0.2) is 18.2 Å². The zero-order chi connectivity index (χ0) is 18.7. The summed E-state index contributed by atoms with van der Waals surface area (Å²) < 4.78 is 19.3. The van der Waals surface area contributed by atoms with Gasteiger partial charge in [-0.25, -0.2) is 4.39 Å². The normalized spacial score (nSPS) is 24.7. The van der Waals surface area contributed by atoms with Crippen molar-refractivity contribution in [2.45, 2.75) is 50.6 Å². The number of piperidine rings is 1. The molecule has 3 rings (SSSR count). The molecule has 0 unspecified atom stereocenters. The number of aryl methyl sites for hydroxylation is 1. The highest BCUT2D eigenvalue weighted by Gasteiger charge is 2.51. The molecule has 1 aliphatic heterocycles. The van der Waals surface area contributed by atoms with E-state index in [1.807, 2.05) is 11.8 Å². The van der Waals surface area contributed by atoms with Crippen LogP contribution < -0.4 is 10.1 Å². The number of likely N-dealkylation sites (tertiary alicyclic amines) is 1. The van der Waals surface area contributed by atoms with E-state index >= 15 is 0 Å². The van der Waals surface area contributed by atoms with Gasteiger partial charge >= 0.3 is 0 Å². The van der Waals surface area contributed by atoms with Gasteiger partial charge in [0.2, 0.25) is 5.91 Å². The Labute approximate surface area is 153 Å². The van der Waals surface area contributed by atoms with Gasteiger partial charge in [-0.2, -0.15) is 0 Å². The summed E-state index contributed by atoms with van der Waals surface area (Å²) in [7, 11) is 0. The number of halogens is 1. The molecule has 1 aromatic carbocycles. The maximum Gasteiger partial charge on any atom is 0.260 e. The van der Waals surface area contributed by atoms with E-state index in [4.69, 9.17) is 4.74 Å². The Hall–Kier alpha value is -2.37. The minimum absolute atomic E-state index is 0.0732. The second kappa shape index (κ2) is 7.48. The van der Waals surface area contributed by atoms with Crippen LogP contribution in [0.15, 0.2) is 30.9 Å². The molecule has 1 aromatic rings. The number of nitrogens with zero attached hydrogens (tertiary/aromatic N) is 1. The summed E-state index contributed by atoms with van der Waals surface area (Å²) in [4.78, 5) is 26.1. The molecular weight excluding hydrogens is 335 g/mol. The number of hydrogen-bond acceptors (Lipinski definition) is 3. The third-order valence-corrected chi connectivity index (χ3v) is 5.37. The van der Waals surface area contributed by atoms with Gasteiger partial charge in [-0.05, 0) is 62.8 Å². The standard InChI is InChI=1S/C20H25FN2O3/c1-3-18(24)22-15-11-20(12-15)8-4-5-9-23(20)19(25)13-26-17-10-14(2)6-7-16(17)21/h3,6-7,10,15H,1,4-5,8-9,11-13H2,2H3,(H,22,24). The van der Waals surface area contributed by atoms with Gasteiger partial charge < -0.3 is 15.0 Å². The van der Waals surface area contributed by atoms with Crippen molar-refractivity contribution < 1.29 is 18.7 Å². The first-order valence-corrected chi connectivity index (χ1v) is 9.06. The van der Waals surface area contributed by atoms with Crippen molar-refractivity contribution in [3.05, 3.63) is 42.2 Å². The number of amides is 2. The van der Waals surface area contributed by atoms with Crippen LogP contribution in [-0.2, 0) is 9.59 Å². The van der Waals surface area contributed by atoms with Crippen LogP contribution in [-0.4, -0.2) is 41.4 Å². The Morgan fingerprint density at radius 2 is 2.19 bits per heavy atom. The summed E-state index contributed by atoms with van der Waals surface area (Å²) in [5, 5.41) is 2.89. The van der Waals surface area contributed by atoms with E-state index in [9.17, 15) is 14.0 Å². The van der Waals surface area contributed by atoms with Crippen LogP contribution in [0.2, 0.25) is 0 Å². The van der Waals surface area contributed by atoms with Crippen LogP contribution in [0, 0.1) is 12.7 Å². The molecule has 1 saturated carbocycles. The largest absolute Gasteiger partial charge is 0.481 e. The zero-order valence-corrected chi connectivity index (χ0v) is 15.1. The highest BCUT2D eigenvalue weighted by atomic mass is 19.1. The van der Waals surface area contributed by atoms with Crippen LogP contribution in [0.3, 0.4) is 0 Å². The summed E-state index contributed by atoms with van der Waals surface area (Å²) in [5.41, 5.74) is 0.672. The zero-order valence-electron chi connectivity index (χ0n) is 15.1. The van der Waals surface area contributed by atoms with E-state index in [0.29, 0.717) is 6.54 Å². The van der Waals surface area contributed by atoms with E-state index in [1.165, 1.54) is 12.1 Å². The second-order valence-electron chi connectivity index (χ2n) is 7.27. The van der Waals surface area contributed by atoms with Gasteiger partial charge in [0, 0.05) is 18.1 Å². The van der Waals surface area contributed by atoms with Gasteiger partial charge in [-0.1, -0.05) is 12.6 Å². The minimum atomic E-state index is -0.465. The molecule has 0 bridgehead atoms. The molecule has 1 aliphatic carbocycles. The Morgan fingerprint density at radius 3 is 2.92 bits per heavy atom. The van der Waals surface area contributed by atoms with Gasteiger partial charge in [0.05, 0.1) is 0 Å². The fourth-order valence-corrected chi connectivity index (χ4v) is 4.07. The van der Waals surface area contributed by atoms with Crippen LogP contribution in [0.4, 0.5) is 4.39 Å². The van der Waals surface area contributed by atoms with E-state index in [2.05, 4.69) is 11.9 Å². The van der Waals surface area contributed by atoms with Crippen molar-refractivity contribution in [3.8, 4) is 5.75 Å². The van der Waals surface area contributed by atoms with Crippen molar-refractivity contribution in [2.24, 2.45) is 0 Å². The van der Waals surface area contributed by atoms with Crippen molar-refractivity contribution in [1.29, 1.82) is 0 Å². The lowest BCUT2D eigenvalue weighted by Crippen LogP contribution is -2.66. The topological polar surface area (TPSA) is 58.6 Å². The Kier molecular flexibility index (Phi) is 5.30. The van der Waals surface area contributed by atoms with E-state index in [-0.39, 0.29) is 35.8 Å². The molecule has 0 atom stereocenters. The van der Waals surface area contributed by atoms with Gasteiger partial charge in [0.1, 0.15) is 0 Å². The highest BCUT2D eigenvalue weighted by Crippen LogP contribution is 2.44. The molecule has 1 saturated heterocycles. The lowest BCUT2D eigenvalue weighted by molar-refractivity contribution is -0.149. The Morgan fingerprint density at radius 1 is 1.42 bits per heavy atom. The molecule has 2 aliphatic rings. The lowest BCUT2D eigenvalue weighted by Gasteiger charge is -2.56. The summed E-state index contributed by atoms with van der Waals surface area (Å²) in [6.45, 7) is 5.82. The molecule has 140 valence electrons. The second-order valence-corrected chi connectivity index (χ2v) is 7.27. The SMILES string of the molecule is C=CC(=O)NC1CC2(CCCCN2C(=O)COc2cc(C)ccc2F)C1. The van der Waals surface area contributed by atoms with Crippen LogP contribution in [0.1, 0.15) is 37.7 Å². The molecule has 0 aromatic heterocycles. The first-order valence-electron chi connectivity index (χ1n) is 9.06. The average Bonchev–Trinajstić information content (AvgIpc) is 2.61. The molecule has 0 radical (unpaired) electrons. The molecule has 1 heterocycles. The smallest absolute Gasteiger partial charge is 0.260 e. The predicted octanol–water partition coefficient (Wildman–Crippen LogP) is 2.73. The fourth-order valence-electron chi connectivity index (χ4n) is 4.07. The third-order valence-electron chi connectivity index (χ3n) is 5.37. The molecule has 26 heavy (non-hydrogen) atoms. The maximum atomic E-state index is 13.8. The lowest BCUT2D eigenvalue weighted by atomic mass is 9.66. The monoisotopic (exact) mass is 360 g/mol. The minimum Gasteiger partial charge on any atom is -0.481 e. The van der Waals surface area contributed by atoms with Gasteiger partial charge in [-0.15, -0.1) is 0 Å². The highest BCUT2D eigenvalue weighted by molar-refractivity contribution is 5.87. The molecule has 6 heteroatoms. The molecule has 1 spiro atoms. The van der Waals surface area contributed by atoms with Gasteiger partial charge in [0.25, 0.3) is 5.91 Å². The molecule has 1 N–H and O–H groups in total. The van der Waals surface area contributed by atoms with Crippen molar-refractivity contribution in [3.63, 3.8) is 0 Å². The number of nitrogens with one attached hydrogen (secondary N) is 1. The molecular formula is C20H25FN2O3. The Balaban J connectivity index is 1.61. The number of benzene rings is 1. The number of ether oxygens (including phenoxy) is 1. The summed E-state index contributed by atoms with van der Waals surface area (Å²) in [6, 6.07) is 4.68. The van der Waals surface area contributed by atoms with Crippen molar-refractivity contribution in [2.75, 3.05) is 13.2 Å². The first kappa shape index (κ1) is 18.4. The quantitative estimate of drug-likeness (QED) is 0.822. The number of rotatable bonds is 5. The fraction of sp³-hybridized carbons (Fsp3) is 0.500. The number of carbonyl (C=O) groups excluding carboxylic acids is 2. The summed E-state index contributed by atoms with van der Waals surface area (Å²) in [5.74, 6) is -0.669. The summed E-state index contributed by atoms with van der Waals surface area (Å²) >= 11 is 0. The van der Waals surface area contributed by atoms with Crippen LogP contribution >= 0.6 is 0 Å². The first-order chi connectivity index (χ1) is 12.4. The van der Waals surface area contributed by atoms with Crippen molar-refractivity contribution >= 4 is 11.8 Å². The summed E-state index contributed by atoms with van der Waals surface area (Å²) in [6.07, 6.45) is 5.71. The predicted molar refractivity (Wildman–Crippen MR) is 96.3 cm³/mol.